The van der Waals surface area contributed by atoms with Crippen molar-refractivity contribution in [3.63, 3.8) is 0 Å². The number of amides is 1. The zero-order valence-electron chi connectivity index (χ0n) is 6.97. The van der Waals surface area contributed by atoms with Crippen LogP contribution in [0.1, 0.15) is 13.3 Å². The molecule has 6 heteroatoms. The number of hydrogen-bond acceptors (Lipinski definition) is 4. The average Bonchev–Trinajstić information content (AvgIpc) is 2.32. The summed E-state index contributed by atoms with van der Waals surface area (Å²) in [4.78, 5) is 12.6. The highest BCUT2D eigenvalue weighted by Crippen LogP contribution is 2.13. The van der Waals surface area contributed by atoms with Crippen molar-refractivity contribution in [3.05, 3.63) is 0 Å². The Bertz CT molecular complexity index is 188. The van der Waals surface area contributed by atoms with Gasteiger partial charge in [-0.1, -0.05) is 0 Å². The minimum Gasteiger partial charge on any atom is -0.426 e. The van der Waals surface area contributed by atoms with Gasteiger partial charge in [-0.15, -0.1) is 0 Å². The fourth-order valence-corrected chi connectivity index (χ4v) is 1.29. The highest BCUT2D eigenvalue weighted by Gasteiger charge is 2.36. The summed E-state index contributed by atoms with van der Waals surface area (Å²) in [6.07, 6.45) is 0.593. The number of nitrogens with zero attached hydrogens (tertiary/aromatic N) is 1. The molecular formula is C6H13BN2O3. The zero-order chi connectivity index (χ0) is 9.30. The van der Waals surface area contributed by atoms with Crippen LogP contribution < -0.4 is 5.73 Å². The first kappa shape index (κ1) is 9.50. The molecule has 1 unspecified atom stereocenters. The second kappa shape index (κ2) is 3.43. The highest BCUT2D eigenvalue weighted by atomic mass is 16.4. The molecule has 1 saturated heterocycles. The van der Waals surface area contributed by atoms with Crippen LogP contribution in [0.15, 0.2) is 0 Å². The maximum absolute atomic E-state index is 11.2. The lowest BCUT2D eigenvalue weighted by Gasteiger charge is -2.23. The quantitative estimate of drug-likeness (QED) is 0.418. The Balaban J connectivity index is 2.59. The third kappa shape index (κ3) is 1.60. The molecule has 5 nitrogen and oxygen atoms in total. The molecule has 1 rings (SSSR count). The van der Waals surface area contributed by atoms with Crippen molar-refractivity contribution in [2.24, 2.45) is 5.73 Å². The van der Waals surface area contributed by atoms with E-state index in [0.717, 1.165) is 0 Å². The Kier molecular flexibility index (Phi) is 2.71. The Morgan fingerprint density at radius 1 is 1.75 bits per heavy atom. The molecule has 12 heavy (non-hydrogen) atoms. The molecule has 0 aromatic carbocycles. The van der Waals surface area contributed by atoms with E-state index >= 15 is 0 Å². The van der Waals surface area contributed by atoms with E-state index in [0.29, 0.717) is 13.0 Å². The standard InChI is InChI=1S/C6H13BN2O3/c1-4(7(11)12)9-3-2-5(8)6(9)10/h4-5,11-12H,2-3,8H2,1H3/t4?,5-/m1/s1. The van der Waals surface area contributed by atoms with Gasteiger partial charge in [0.1, 0.15) is 0 Å². The molecule has 0 saturated carbocycles. The van der Waals surface area contributed by atoms with Crippen molar-refractivity contribution in [1.29, 1.82) is 0 Å². The van der Waals surface area contributed by atoms with Crippen LogP contribution in [-0.4, -0.2) is 46.5 Å². The highest BCUT2D eigenvalue weighted by molar-refractivity contribution is 6.43. The zero-order valence-corrected chi connectivity index (χ0v) is 6.97. The van der Waals surface area contributed by atoms with E-state index in [4.69, 9.17) is 15.8 Å². The maximum atomic E-state index is 11.2. The molecule has 1 heterocycles. The Hall–Kier alpha value is -0.585. The van der Waals surface area contributed by atoms with Crippen LogP contribution in [0.2, 0.25) is 0 Å². The second-order valence-corrected chi connectivity index (χ2v) is 3.08. The first-order valence-corrected chi connectivity index (χ1v) is 3.96. The molecule has 0 aromatic rings. The van der Waals surface area contributed by atoms with E-state index in [1.165, 1.54) is 4.90 Å². The number of carbonyl (C=O) groups is 1. The minimum atomic E-state index is -1.49. The van der Waals surface area contributed by atoms with Crippen LogP contribution in [0.3, 0.4) is 0 Å². The van der Waals surface area contributed by atoms with E-state index < -0.39 is 19.1 Å². The monoisotopic (exact) mass is 172 g/mol. The van der Waals surface area contributed by atoms with E-state index in [2.05, 4.69) is 0 Å². The smallest absolute Gasteiger partial charge is 0.426 e. The third-order valence-electron chi connectivity index (χ3n) is 2.20. The topological polar surface area (TPSA) is 86.8 Å². The summed E-state index contributed by atoms with van der Waals surface area (Å²) in [5, 5.41) is 17.6. The van der Waals surface area contributed by atoms with Crippen LogP contribution in [-0.2, 0) is 4.79 Å². The largest absolute Gasteiger partial charge is 0.475 e. The number of nitrogens with two attached hydrogens (primary N) is 1. The Morgan fingerprint density at radius 3 is 2.67 bits per heavy atom. The third-order valence-corrected chi connectivity index (χ3v) is 2.20. The van der Waals surface area contributed by atoms with Gasteiger partial charge in [-0.2, -0.15) is 0 Å². The van der Waals surface area contributed by atoms with E-state index in [9.17, 15) is 4.79 Å². The van der Waals surface area contributed by atoms with Crippen molar-refractivity contribution < 1.29 is 14.8 Å². The van der Waals surface area contributed by atoms with Crippen molar-refractivity contribution >= 4 is 13.0 Å². The normalized spacial score (nSPS) is 26.2. The fourth-order valence-electron chi connectivity index (χ4n) is 1.29. The number of carbonyl (C=O) groups excluding carboxylic acids is 1. The van der Waals surface area contributed by atoms with Gasteiger partial charge in [0, 0.05) is 6.54 Å². The van der Waals surface area contributed by atoms with Crippen LogP contribution in [0.4, 0.5) is 0 Å². The number of hydrogen-bond donors (Lipinski definition) is 3. The van der Waals surface area contributed by atoms with Crippen LogP contribution >= 0.6 is 0 Å². The molecule has 1 amide bonds. The lowest BCUT2D eigenvalue weighted by molar-refractivity contribution is -0.129. The van der Waals surface area contributed by atoms with Gasteiger partial charge >= 0.3 is 7.12 Å². The molecule has 0 spiro atoms. The van der Waals surface area contributed by atoms with E-state index in [1.807, 2.05) is 0 Å². The summed E-state index contributed by atoms with van der Waals surface area (Å²) < 4.78 is 0. The summed E-state index contributed by atoms with van der Waals surface area (Å²) >= 11 is 0. The van der Waals surface area contributed by atoms with Crippen molar-refractivity contribution in [2.45, 2.75) is 25.3 Å². The fraction of sp³-hybridized carbons (Fsp3) is 0.833. The lowest BCUT2D eigenvalue weighted by Crippen LogP contribution is -2.47. The van der Waals surface area contributed by atoms with Gasteiger partial charge in [0.25, 0.3) is 0 Å². The Morgan fingerprint density at radius 2 is 2.33 bits per heavy atom. The molecule has 0 aliphatic carbocycles. The van der Waals surface area contributed by atoms with Gasteiger partial charge < -0.3 is 20.7 Å². The molecule has 0 bridgehead atoms. The molecule has 1 aliphatic heterocycles. The molecule has 1 fully saturated rings. The second-order valence-electron chi connectivity index (χ2n) is 3.08. The van der Waals surface area contributed by atoms with Crippen LogP contribution in [0.25, 0.3) is 0 Å². The summed E-state index contributed by atoms with van der Waals surface area (Å²) in [6, 6.07) is -0.466. The minimum absolute atomic E-state index is 0.199. The maximum Gasteiger partial charge on any atom is 0.475 e. The molecule has 2 atom stereocenters. The predicted molar refractivity (Wildman–Crippen MR) is 44.0 cm³/mol. The summed E-state index contributed by atoms with van der Waals surface area (Å²) in [5.41, 5.74) is 5.45. The van der Waals surface area contributed by atoms with Crippen molar-refractivity contribution in [3.8, 4) is 0 Å². The van der Waals surface area contributed by atoms with Gasteiger partial charge in [0.2, 0.25) is 5.91 Å². The van der Waals surface area contributed by atoms with Crippen molar-refractivity contribution in [1.82, 2.24) is 4.90 Å². The first-order chi connectivity index (χ1) is 5.54. The lowest BCUT2D eigenvalue weighted by atomic mass is 9.80. The Labute approximate surface area is 71.3 Å². The van der Waals surface area contributed by atoms with Gasteiger partial charge in [-0.05, 0) is 13.3 Å². The molecule has 0 radical (unpaired) electrons. The van der Waals surface area contributed by atoms with Crippen LogP contribution in [0.5, 0.6) is 0 Å². The molecule has 1 aliphatic rings. The summed E-state index contributed by atoms with van der Waals surface area (Å²) in [5.74, 6) is -0.762. The van der Waals surface area contributed by atoms with Gasteiger partial charge in [0.15, 0.2) is 0 Å². The van der Waals surface area contributed by atoms with E-state index in [1.54, 1.807) is 6.92 Å². The summed E-state index contributed by atoms with van der Waals surface area (Å²) in [7, 11) is -1.49. The molecular weight excluding hydrogens is 159 g/mol. The molecule has 0 aromatic heterocycles. The molecule has 4 N–H and O–H groups in total. The SMILES string of the molecule is CC(B(O)O)N1CC[C@@H](N)C1=O. The van der Waals surface area contributed by atoms with Crippen molar-refractivity contribution in [2.75, 3.05) is 6.54 Å². The molecule has 68 valence electrons. The van der Waals surface area contributed by atoms with Gasteiger partial charge in [-0.25, -0.2) is 0 Å². The van der Waals surface area contributed by atoms with Gasteiger partial charge in [0.05, 0.1) is 12.0 Å². The summed E-state index contributed by atoms with van der Waals surface area (Å²) in [6.45, 7) is 2.10. The number of likely N-dealkylation sites (tertiary alicyclic amines) is 1. The number of rotatable bonds is 2. The average molecular weight is 172 g/mol. The predicted octanol–water partition coefficient (Wildman–Crippen LogP) is -2.05. The van der Waals surface area contributed by atoms with E-state index in [-0.39, 0.29) is 5.91 Å². The van der Waals surface area contributed by atoms with Gasteiger partial charge in [-0.3, -0.25) is 4.79 Å². The van der Waals surface area contributed by atoms with Crippen LogP contribution in [0, 0.1) is 0 Å². The first-order valence-electron chi connectivity index (χ1n) is 3.96.